The average molecular weight is 316 g/mol. The van der Waals surface area contributed by atoms with E-state index in [1.165, 1.54) is 6.42 Å². The predicted octanol–water partition coefficient (Wildman–Crippen LogP) is 3.85. The zero-order valence-corrected chi connectivity index (χ0v) is 14.0. The summed E-state index contributed by atoms with van der Waals surface area (Å²) in [7, 11) is 0. The van der Waals surface area contributed by atoms with Crippen LogP contribution in [0.25, 0.3) is 0 Å². The van der Waals surface area contributed by atoms with E-state index in [0.29, 0.717) is 17.2 Å². The second-order valence-corrected chi connectivity index (χ2v) is 8.34. The number of nitrogens with one attached hydrogen (secondary N) is 1. The van der Waals surface area contributed by atoms with Crippen molar-refractivity contribution in [3.05, 3.63) is 18.2 Å². The van der Waals surface area contributed by atoms with Crippen molar-refractivity contribution in [3.8, 4) is 11.5 Å². The van der Waals surface area contributed by atoms with E-state index in [9.17, 15) is 4.79 Å². The molecule has 1 saturated carbocycles. The van der Waals surface area contributed by atoms with Gasteiger partial charge in [-0.3, -0.25) is 0 Å². The Balaban J connectivity index is 1.50. The normalized spacial score (nSPS) is 30.4. The van der Waals surface area contributed by atoms with Crippen molar-refractivity contribution < 1.29 is 14.3 Å². The smallest absolute Gasteiger partial charge is 0.322 e. The lowest BCUT2D eigenvalue weighted by Crippen LogP contribution is -2.40. The predicted molar refractivity (Wildman–Crippen MR) is 87.8 cm³/mol. The molecule has 1 aromatic carbocycles. The van der Waals surface area contributed by atoms with Gasteiger partial charge in [0.25, 0.3) is 0 Å². The van der Waals surface area contributed by atoms with E-state index in [4.69, 9.17) is 9.47 Å². The average Bonchev–Trinajstić information content (AvgIpc) is 2.99. The second-order valence-electron chi connectivity index (χ2n) is 8.34. The monoisotopic (exact) mass is 316 g/mol. The number of hydrogen-bond donors (Lipinski definition) is 1. The van der Waals surface area contributed by atoms with Crippen molar-refractivity contribution in [2.45, 2.75) is 46.1 Å². The van der Waals surface area contributed by atoms with E-state index in [1.807, 2.05) is 23.1 Å². The first-order valence-corrected chi connectivity index (χ1v) is 8.31. The van der Waals surface area contributed by atoms with Gasteiger partial charge in [0.2, 0.25) is 6.79 Å². The first kappa shape index (κ1) is 14.7. The molecule has 2 atom stereocenters. The van der Waals surface area contributed by atoms with Crippen LogP contribution in [0.1, 0.15) is 40.0 Å². The van der Waals surface area contributed by atoms with Crippen LogP contribution in [-0.4, -0.2) is 30.3 Å². The Morgan fingerprint density at radius 3 is 2.83 bits per heavy atom. The molecule has 5 nitrogen and oxygen atoms in total. The number of anilines is 1. The molecule has 5 heteroatoms. The van der Waals surface area contributed by atoms with Gasteiger partial charge in [0.1, 0.15) is 0 Å². The highest BCUT2D eigenvalue weighted by Crippen LogP contribution is 2.52. The van der Waals surface area contributed by atoms with Gasteiger partial charge in [-0.05, 0) is 42.2 Å². The van der Waals surface area contributed by atoms with Crippen LogP contribution in [0.4, 0.5) is 10.5 Å². The van der Waals surface area contributed by atoms with Crippen LogP contribution >= 0.6 is 0 Å². The van der Waals surface area contributed by atoms with Crippen molar-refractivity contribution >= 4 is 11.7 Å². The Hall–Kier alpha value is -1.91. The summed E-state index contributed by atoms with van der Waals surface area (Å²) in [4.78, 5) is 14.8. The number of carbonyl (C=O) groups is 1. The van der Waals surface area contributed by atoms with Crippen molar-refractivity contribution in [1.29, 1.82) is 0 Å². The first-order valence-electron chi connectivity index (χ1n) is 8.31. The van der Waals surface area contributed by atoms with Gasteiger partial charge in [0.15, 0.2) is 11.5 Å². The Bertz CT molecular complexity index is 658. The van der Waals surface area contributed by atoms with Gasteiger partial charge in [-0.25, -0.2) is 4.79 Å². The Labute approximate surface area is 136 Å². The number of urea groups is 1. The minimum Gasteiger partial charge on any atom is -0.454 e. The lowest BCUT2D eigenvalue weighted by atomic mass is 9.65. The third-order valence-corrected chi connectivity index (χ3v) is 5.30. The van der Waals surface area contributed by atoms with Crippen molar-refractivity contribution in [3.63, 3.8) is 0 Å². The van der Waals surface area contributed by atoms with Crippen LogP contribution < -0.4 is 14.8 Å². The molecule has 2 bridgehead atoms. The summed E-state index contributed by atoms with van der Waals surface area (Å²) < 4.78 is 10.7. The maximum absolute atomic E-state index is 12.8. The summed E-state index contributed by atoms with van der Waals surface area (Å²) in [6, 6.07) is 5.87. The van der Waals surface area contributed by atoms with Gasteiger partial charge in [-0.15, -0.1) is 0 Å². The molecule has 1 aliphatic carbocycles. The standard InChI is InChI=1S/C18H24N2O3/c1-17(2)7-13-8-18(3,9-17)10-20(13)16(21)19-12-4-5-14-15(6-12)23-11-22-14/h4-6,13H,7-11H2,1-3H3,(H,19,21). The number of likely N-dealkylation sites (tertiary alicyclic amines) is 1. The largest absolute Gasteiger partial charge is 0.454 e. The van der Waals surface area contributed by atoms with E-state index in [2.05, 4.69) is 26.1 Å². The zero-order chi connectivity index (χ0) is 16.2. The van der Waals surface area contributed by atoms with Gasteiger partial charge < -0.3 is 19.7 Å². The maximum Gasteiger partial charge on any atom is 0.322 e. The molecule has 0 aromatic heterocycles. The minimum absolute atomic E-state index is 0.00436. The second kappa shape index (κ2) is 4.79. The highest BCUT2D eigenvalue weighted by Gasteiger charge is 2.51. The molecule has 4 rings (SSSR count). The fourth-order valence-electron chi connectivity index (χ4n) is 4.87. The summed E-state index contributed by atoms with van der Waals surface area (Å²) >= 11 is 0. The van der Waals surface area contributed by atoms with Gasteiger partial charge >= 0.3 is 6.03 Å². The lowest BCUT2D eigenvalue weighted by Gasteiger charge is -2.39. The Morgan fingerprint density at radius 2 is 2.00 bits per heavy atom. The van der Waals surface area contributed by atoms with E-state index >= 15 is 0 Å². The molecular weight excluding hydrogens is 292 g/mol. The van der Waals surface area contributed by atoms with Gasteiger partial charge in [-0.1, -0.05) is 20.8 Å². The van der Waals surface area contributed by atoms with Crippen LogP contribution in [0.2, 0.25) is 0 Å². The SMILES string of the molecule is CC1(C)CC2CC(C)(CN2C(=O)Nc2ccc3c(c2)OCO3)C1. The third-order valence-electron chi connectivity index (χ3n) is 5.30. The molecule has 1 N–H and O–H groups in total. The molecular formula is C18H24N2O3. The summed E-state index contributed by atoms with van der Waals surface area (Å²) in [5.41, 5.74) is 1.31. The fraction of sp³-hybridized carbons (Fsp3) is 0.611. The molecule has 2 aliphatic heterocycles. The lowest BCUT2D eigenvalue weighted by molar-refractivity contribution is 0.130. The van der Waals surface area contributed by atoms with Crippen LogP contribution in [0.3, 0.4) is 0 Å². The number of nitrogens with zero attached hydrogens (tertiary/aromatic N) is 1. The minimum atomic E-state index is -0.00436. The Kier molecular flexibility index (Phi) is 3.06. The summed E-state index contributed by atoms with van der Waals surface area (Å²) in [5, 5.41) is 3.02. The quantitative estimate of drug-likeness (QED) is 0.856. The number of amides is 2. The number of fused-ring (bicyclic) bond motifs is 3. The fourth-order valence-corrected chi connectivity index (χ4v) is 4.87. The number of carbonyl (C=O) groups excluding carboxylic acids is 1. The van der Waals surface area contributed by atoms with E-state index < -0.39 is 0 Å². The number of ether oxygens (including phenoxy) is 2. The zero-order valence-electron chi connectivity index (χ0n) is 14.0. The number of benzene rings is 1. The molecule has 1 saturated heterocycles. The maximum atomic E-state index is 12.8. The van der Waals surface area contributed by atoms with E-state index in [0.717, 1.165) is 30.8 Å². The van der Waals surface area contributed by atoms with Gasteiger partial charge in [0, 0.05) is 24.3 Å². The van der Waals surface area contributed by atoms with Crippen molar-refractivity contribution in [2.24, 2.45) is 10.8 Å². The van der Waals surface area contributed by atoms with Crippen LogP contribution in [0, 0.1) is 10.8 Å². The van der Waals surface area contributed by atoms with E-state index in [-0.39, 0.29) is 18.2 Å². The van der Waals surface area contributed by atoms with Crippen LogP contribution in [0.5, 0.6) is 11.5 Å². The summed E-state index contributed by atoms with van der Waals surface area (Å²) in [6.45, 7) is 8.04. The molecule has 2 unspecified atom stereocenters. The molecule has 2 heterocycles. The highest BCUT2D eigenvalue weighted by atomic mass is 16.7. The third kappa shape index (κ3) is 2.62. The molecule has 124 valence electrons. The molecule has 2 amide bonds. The van der Waals surface area contributed by atoms with Crippen molar-refractivity contribution in [1.82, 2.24) is 4.90 Å². The van der Waals surface area contributed by atoms with Gasteiger partial charge in [-0.2, -0.15) is 0 Å². The van der Waals surface area contributed by atoms with E-state index in [1.54, 1.807) is 0 Å². The first-order chi connectivity index (χ1) is 10.8. The van der Waals surface area contributed by atoms with Gasteiger partial charge in [0.05, 0.1) is 0 Å². The van der Waals surface area contributed by atoms with Crippen LogP contribution in [-0.2, 0) is 0 Å². The van der Waals surface area contributed by atoms with Crippen LogP contribution in [0.15, 0.2) is 18.2 Å². The topological polar surface area (TPSA) is 50.8 Å². The highest BCUT2D eigenvalue weighted by molar-refractivity contribution is 5.90. The molecule has 2 fully saturated rings. The molecule has 0 radical (unpaired) electrons. The molecule has 23 heavy (non-hydrogen) atoms. The number of rotatable bonds is 1. The molecule has 0 spiro atoms. The number of hydrogen-bond acceptors (Lipinski definition) is 3. The summed E-state index contributed by atoms with van der Waals surface area (Å²) in [5.74, 6) is 1.42. The molecule has 3 aliphatic rings. The molecule has 1 aromatic rings. The van der Waals surface area contributed by atoms with Crippen molar-refractivity contribution in [2.75, 3.05) is 18.7 Å². The summed E-state index contributed by atoms with van der Waals surface area (Å²) in [6.07, 6.45) is 3.38. The Morgan fingerprint density at radius 1 is 1.22 bits per heavy atom.